The van der Waals surface area contributed by atoms with Crippen LogP contribution in [0.3, 0.4) is 0 Å². The number of aryl methyl sites for hydroxylation is 2. The van der Waals surface area contributed by atoms with Gasteiger partial charge in [-0.05, 0) is 56.2 Å². The van der Waals surface area contributed by atoms with Crippen LogP contribution in [0.4, 0.5) is 0 Å². The minimum absolute atomic E-state index is 0.614. The third-order valence-corrected chi connectivity index (χ3v) is 3.37. The summed E-state index contributed by atoms with van der Waals surface area (Å²) < 4.78 is 11.2. The first-order valence-corrected chi connectivity index (χ1v) is 6.63. The molecule has 106 valence electrons. The Bertz CT molecular complexity index is 603. The van der Waals surface area contributed by atoms with Gasteiger partial charge in [-0.25, -0.2) is 0 Å². The molecule has 0 saturated heterocycles. The molecule has 20 heavy (non-hydrogen) atoms. The van der Waals surface area contributed by atoms with Gasteiger partial charge in [0.15, 0.2) is 0 Å². The van der Waals surface area contributed by atoms with Gasteiger partial charge in [-0.15, -0.1) is 0 Å². The molecule has 0 saturated carbocycles. The molecule has 2 rings (SSSR count). The molecule has 2 aromatic rings. The summed E-state index contributed by atoms with van der Waals surface area (Å²) in [6, 6.07) is 11.4. The van der Waals surface area contributed by atoms with Crippen molar-refractivity contribution in [1.82, 2.24) is 0 Å². The van der Waals surface area contributed by atoms with Crippen LogP contribution >= 0.6 is 0 Å². The standard InChI is InChI=1S/C17H20O3/c1-11-8-9-14(10-12(11)2)20-16-7-5-6-15(19-4)17(16)13(3)18/h5-10,13,18H,1-4H3. The fourth-order valence-corrected chi connectivity index (χ4v) is 2.11. The summed E-state index contributed by atoms with van der Waals surface area (Å²) in [5, 5.41) is 9.93. The molecule has 0 aliphatic carbocycles. The molecule has 0 radical (unpaired) electrons. The van der Waals surface area contributed by atoms with E-state index in [-0.39, 0.29) is 0 Å². The van der Waals surface area contributed by atoms with Gasteiger partial charge in [0.05, 0.1) is 18.8 Å². The van der Waals surface area contributed by atoms with Crippen LogP contribution in [0, 0.1) is 13.8 Å². The molecule has 1 unspecified atom stereocenters. The normalized spacial score (nSPS) is 12.1. The maximum absolute atomic E-state index is 9.93. The lowest BCUT2D eigenvalue weighted by Gasteiger charge is -2.17. The summed E-state index contributed by atoms with van der Waals surface area (Å²) in [5.74, 6) is 1.99. The number of hydrogen-bond acceptors (Lipinski definition) is 3. The molecule has 0 heterocycles. The number of methoxy groups -OCH3 is 1. The van der Waals surface area contributed by atoms with Gasteiger partial charge in [-0.3, -0.25) is 0 Å². The molecule has 2 aromatic carbocycles. The quantitative estimate of drug-likeness (QED) is 0.908. The average Bonchev–Trinajstić information content (AvgIpc) is 2.42. The van der Waals surface area contributed by atoms with Crippen molar-refractivity contribution in [3.63, 3.8) is 0 Å². The minimum Gasteiger partial charge on any atom is -0.496 e. The van der Waals surface area contributed by atoms with Gasteiger partial charge >= 0.3 is 0 Å². The first-order chi connectivity index (χ1) is 9.52. The van der Waals surface area contributed by atoms with Gasteiger partial charge in [0, 0.05) is 0 Å². The highest BCUT2D eigenvalue weighted by atomic mass is 16.5. The minimum atomic E-state index is -0.660. The highest BCUT2D eigenvalue weighted by molar-refractivity contribution is 5.48. The van der Waals surface area contributed by atoms with Crippen LogP contribution in [-0.2, 0) is 0 Å². The maximum Gasteiger partial charge on any atom is 0.136 e. The molecule has 0 amide bonds. The lowest BCUT2D eigenvalue weighted by atomic mass is 10.1. The van der Waals surface area contributed by atoms with E-state index in [1.807, 2.05) is 43.3 Å². The predicted octanol–water partition coefficient (Wildman–Crippen LogP) is 4.16. The van der Waals surface area contributed by atoms with Gasteiger partial charge < -0.3 is 14.6 Å². The molecule has 0 bridgehead atoms. The van der Waals surface area contributed by atoms with Gasteiger partial charge in [0.1, 0.15) is 17.2 Å². The average molecular weight is 272 g/mol. The van der Waals surface area contributed by atoms with Gasteiger partial charge in [-0.2, -0.15) is 0 Å². The lowest BCUT2D eigenvalue weighted by molar-refractivity contribution is 0.190. The Morgan fingerprint density at radius 1 is 1.00 bits per heavy atom. The van der Waals surface area contributed by atoms with E-state index in [9.17, 15) is 5.11 Å². The van der Waals surface area contributed by atoms with Crippen molar-refractivity contribution in [2.24, 2.45) is 0 Å². The van der Waals surface area contributed by atoms with E-state index in [0.717, 1.165) is 5.75 Å². The molecule has 1 atom stereocenters. The van der Waals surface area contributed by atoms with E-state index >= 15 is 0 Å². The van der Waals surface area contributed by atoms with E-state index < -0.39 is 6.10 Å². The van der Waals surface area contributed by atoms with Crippen molar-refractivity contribution >= 4 is 0 Å². The van der Waals surface area contributed by atoms with Crippen LogP contribution in [0.25, 0.3) is 0 Å². The molecule has 3 nitrogen and oxygen atoms in total. The number of benzene rings is 2. The summed E-state index contributed by atoms with van der Waals surface area (Å²) in [7, 11) is 1.58. The largest absolute Gasteiger partial charge is 0.496 e. The van der Waals surface area contributed by atoms with Crippen LogP contribution in [-0.4, -0.2) is 12.2 Å². The zero-order valence-corrected chi connectivity index (χ0v) is 12.3. The molecular formula is C17H20O3. The molecule has 0 spiro atoms. The van der Waals surface area contributed by atoms with Crippen LogP contribution in [0.1, 0.15) is 29.7 Å². The van der Waals surface area contributed by atoms with E-state index in [1.54, 1.807) is 14.0 Å². The van der Waals surface area contributed by atoms with Crippen molar-refractivity contribution in [2.45, 2.75) is 26.9 Å². The zero-order valence-electron chi connectivity index (χ0n) is 12.3. The van der Waals surface area contributed by atoms with Crippen molar-refractivity contribution in [3.8, 4) is 17.2 Å². The number of aliphatic hydroxyl groups is 1. The first kappa shape index (κ1) is 14.4. The SMILES string of the molecule is COc1cccc(Oc2ccc(C)c(C)c2)c1C(C)O. The molecule has 1 N–H and O–H groups in total. The zero-order chi connectivity index (χ0) is 14.7. The monoisotopic (exact) mass is 272 g/mol. The second kappa shape index (κ2) is 5.97. The Kier molecular flexibility index (Phi) is 4.30. The molecule has 0 fully saturated rings. The van der Waals surface area contributed by atoms with Crippen LogP contribution < -0.4 is 9.47 Å². The van der Waals surface area contributed by atoms with Crippen LogP contribution in [0.2, 0.25) is 0 Å². The molecular weight excluding hydrogens is 252 g/mol. The van der Waals surface area contributed by atoms with E-state index in [4.69, 9.17) is 9.47 Å². The Morgan fingerprint density at radius 2 is 1.70 bits per heavy atom. The van der Waals surface area contributed by atoms with Crippen molar-refractivity contribution in [2.75, 3.05) is 7.11 Å². The summed E-state index contributed by atoms with van der Waals surface area (Å²) in [6.07, 6.45) is -0.660. The van der Waals surface area contributed by atoms with Gasteiger partial charge in [-0.1, -0.05) is 12.1 Å². The van der Waals surface area contributed by atoms with E-state index in [2.05, 4.69) is 6.92 Å². The highest BCUT2D eigenvalue weighted by Gasteiger charge is 2.16. The van der Waals surface area contributed by atoms with Crippen molar-refractivity contribution < 1.29 is 14.6 Å². The van der Waals surface area contributed by atoms with Crippen LogP contribution in [0.5, 0.6) is 17.2 Å². The number of rotatable bonds is 4. The number of aliphatic hydroxyl groups excluding tert-OH is 1. The van der Waals surface area contributed by atoms with E-state index in [1.165, 1.54) is 11.1 Å². The topological polar surface area (TPSA) is 38.7 Å². The lowest BCUT2D eigenvalue weighted by Crippen LogP contribution is -2.00. The highest BCUT2D eigenvalue weighted by Crippen LogP contribution is 2.36. The molecule has 0 aromatic heterocycles. The smallest absolute Gasteiger partial charge is 0.136 e. The fourth-order valence-electron chi connectivity index (χ4n) is 2.11. The van der Waals surface area contributed by atoms with Crippen molar-refractivity contribution in [1.29, 1.82) is 0 Å². The second-order valence-electron chi connectivity index (χ2n) is 4.90. The fraction of sp³-hybridized carbons (Fsp3) is 0.294. The van der Waals surface area contributed by atoms with E-state index in [0.29, 0.717) is 17.1 Å². The summed E-state index contributed by atoms with van der Waals surface area (Å²) in [5.41, 5.74) is 3.05. The maximum atomic E-state index is 9.93. The predicted molar refractivity (Wildman–Crippen MR) is 79.6 cm³/mol. The number of ether oxygens (including phenoxy) is 2. The summed E-state index contributed by atoms with van der Waals surface area (Å²) in [4.78, 5) is 0. The van der Waals surface area contributed by atoms with Crippen molar-refractivity contribution in [3.05, 3.63) is 53.1 Å². The first-order valence-electron chi connectivity index (χ1n) is 6.63. The Hall–Kier alpha value is -2.00. The molecule has 0 aliphatic heterocycles. The molecule has 0 aliphatic rings. The van der Waals surface area contributed by atoms with Crippen LogP contribution in [0.15, 0.2) is 36.4 Å². The Balaban J connectivity index is 2.40. The second-order valence-corrected chi connectivity index (χ2v) is 4.90. The Morgan fingerprint density at radius 3 is 2.30 bits per heavy atom. The molecule has 3 heteroatoms. The third kappa shape index (κ3) is 2.94. The van der Waals surface area contributed by atoms with Gasteiger partial charge in [0.25, 0.3) is 0 Å². The summed E-state index contributed by atoms with van der Waals surface area (Å²) >= 11 is 0. The number of hydrogen-bond donors (Lipinski definition) is 1. The summed E-state index contributed by atoms with van der Waals surface area (Å²) in [6.45, 7) is 5.81. The third-order valence-electron chi connectivity index (χ3n) is 3.37. The van der Waals surface area contributed by atoms with Gasteiger partial charge in [0.2, 0.25) is 0 Å². The Labute approximate surface area is 119 Å².